The Labute approximate surface area is 430 Å². The number of ether oxygens (including phenoxy) is 3. The van der Waals surface area contributed by atoms with E-state index in [1.807, 2.05) is 18.2 Å². The second-order valence-electron chi connectivity index (χ2n) is 16.8. The van der Waals surface area contributed by atoms with E-state index in [0.717, 1.165) is 62.1 Å². The summed E-state index contributed by atoms with van der Waals surface area (Å²) >= 11 is 0. The summed E-state index contributed by atoms with van der Waals surface area (Å²) in [5, 5.41) is 31.2. The van der Waals surface area contributed by atoms with Crippen molar-refractivity contribution >= 4 is 33.4 Å². The molecule has 1 fully saturated rings. The molecular weight excluding hydrogens is 985 g/mol. The van der Waals surface area contributed by atoms with Crippen molar-refractivity contribution in [1.82, 2.24) is 9.55 Å². The molecule has 0 amide bonds. The van der Waals surface area contributed by atoms with Crippen LogP contribution in [0.15, 0.2) is 126 Å². The number of unbranched alkanes of at least 4 members (excludes halogenated alkanes) is 5. The molecule has 3 unspecified atom stereocenters. The molecule has 0 radical (unpaired) electrons. The van der Waals surface area contributed by atoms with Crippen LogP contribution in [0.25, 0.3) is 0 Å². The monoisotopic (exact) mass is 1060 g/mol. The fourth-order valence-electron chi connectivity index (χ4n) is 6.55. The normalized spacial score (nSPS) is 20.3. The summed E-state index contributed by atoms with van der Waals surface area (Å²) in [5.74, 6) is -1.55. The number of carbonyl (C=O) groups excluding carboxylic acids is 2. The molecule has 7 N–H and O–H groups in total. The molecule has 0 aliphatic carbocycles. The number of aliphatic hydroxyl groups is 3. The molecule has 408 valence electrons. The van der Waals surface area contributed by atoms with Gasteiger partial charge in [0, 0.05) is 19.0 Å². The van der Waals surface area contributed by atoms with Gasteiger partial charge in [0.1, 0.15) is 30.7 Å². The van der Waals surface area contributed by atoms with Gasteiger partial charge in [-0.15, -0.1) is 0 Å². The molecule has 0 aromatic carbocycles. The van der Waals surface area contributed by atoms with Gasteiger partial charge in [-0.25, -0.2) is 13.9 Å². The number of aromatic nitrogens is 2. The Morgan fingerprint density at radius 1 is 0.740 bits per heavy atom. The summed E-state index contributed by atoms with van der Waals surface area (Å²) in [4.78, 5) is 61.9. The van der Waals surface area contributed by atoms with Crippen LogP contribution < -0.4 is 11.4 Å². The number of hydrogen-bond acceptors (Lipinski definition) is 16. The Bertz CT molecular complexity index is 2170. The molecule has 1 aliphatic heterocycles. The van der Waals surface area contributed by atoms with E-state index in [4.69, 9.17) is 29.0 Å². The average Bonchev–Trinajstić information content (AvgIpc) is 3.62. The van der Waals surface area contributed by atoms with E-state index in [1.165, 1.54) is 25.3 Å². The Kier molecular flexibility index (Phi) is 34.4. The van der Waals surface area contributed by atoms with E-state index in [1.54, 1.807) is 24.3 Å². The van der Waals surface area contributed by atoms with Crippen molar-refractivity contribution in [3.05, 3.63) is 132 Å². The smallest absolute Gasteiger partial charge is 0.462 e. The number of rotatable bonds is 39. The highest BCUT2D eigenvalue weighted by Gasteiger charge is 2.46. The number of phosphoric ester groups is 2. The number of nitrogen functional groups attached to an aromatic ring is 1. The standard InChI is InChI=1S/C52H79N3O16P2/c1-3-5-7-9-11-13-15-17-18-20-22-24-26-28-32-36-47(57)66-40-44(69-48(58)37-33-29-31-35-43(56)34-30-27-25-23-21-19-16-14-12-10-8-6-4-2)41-67-72(62,63)71-73(64,65)68-42-45-49(59)50(60)51(70-45)55-39-38-46(53)54-52(55)61/h6,8,11-14,17-19,21-22,24-25,27,29-31,34,38-39,43-45,49-51,56,59-60H,3-5,7,9-10,15-16,20,23,26,28,32-33,35-37,40-42H2,1-2H3,(H,62,63)(H,64,65)(H2,53,54,61)/b8-6-,13-11-,14-12-,18-17-,21-19-,24-22-,27-25-,31-29-,34-30-/t43?,44-,45-,49-,50-,51-/m1/s1. The lowest BCUT2D eigenvalue weighted by atomic mass is 10.1. The first-order valence-corrected chi connectivity index (χ1v) is 28.0. The highest BCUT2D eigenvalue weighted by molar-refractivity contribution is 7.61. The third kappa shape index (κ3) is 31.7. The molecule has 1 saturated heterocycles. The summed E-state index contributed by atoms with van der Waals surface area (Å²) in [6.07, 6.45) is 40.6. The number of anilines is 1. The topological polar surface area (TPSA) is 286 Å². The zero-order chi connectivity index (χ0) is 53.6. The van der Waals surface area contributed by atoms with Gasteiger partial charge in [0.25, 0.3) is 0 Å². The Morgan fingerprint density at radius 2 is 1.33 bits per heavy atom. The quantitative estimate of drug-likeness (QED) is 0.0118. The van der Waals surface area contributed by atoms with Gasteiger partial charge in [-0.2, -0.15) is 9.29 Å². The Balaban J connectivity index is 1.89. The molecule has 0 spiro atoms. The maximum Gasteiger partial charge on any atom is 0.481 e. The van der Waals surface area contributed by atoms with Crippen LogP contribution in [-0.2, 0) is 46.3 Å². The fourth-order valence-corrected chi connectivity index (χ4v) is 8.66. The minimum atomic E-state index is -5.48. The number of allylic oxidation sites excluding steroid dienone is 16. The number of nitrogens with zero attached hydrogens (tertiary/aromatic N) is 2. The van der Waals surface area contributed by atoms with Crippen LogP contribution in [0.3, 0.4) is 0 Å². The van der Waals surface area contributed by atoms with Crippen LogP contribution in [0.1, 0.15) is 129 Å². The summed E-state index contributed by atoms with van der Waals surface area (Å²) in [6, 6.07) is 1.23. The SMILES string of the molecule is CC/C=C\C/C=C\C/C=C\C/C=C\C=C/C(O)C/C=C\CCC(=O)O[C@H](COC(=O)CCCC/C=C\C/C=C\C/C=C\CCCCC)COP(=O)(O)OP(=O)(O)OC[C@H]1O[C@@H](n2ccc(N)nc2=O)[C@H](O)[C@@H]1O. The first-order valence-electron chi connectivity index (χ1n) is 25.0. The average molecular weight is 1060 g/mol. The van der Waals surface area contributed by atoms with Crippen molar-refractivity contribution in [2.75, 3.05) is 25.6 Å². The van der Waals surface area contributed by atoms with Gasteiger partial charge < -0.3 is 45.1 Å². The number of carbonyl (C=O) groups is 2. The zero-order valence-electron chi connectivity index (χ0n) is 42.2. The second-order valence-corrected chi connectivity index (χ2v) is 19.8. The minimum absolute atomic E-state index is 0.0343. The van der Waals surface area contributed by atoms with E-state index >= 15 is 0 Å². The predicted octanol–water partition coefficient (Wildman–Crippen LogP) is 9.19. The van der Waals surface area contributed by atoms with Gasteiger partial charge in [-0.1, -0.05) is 136 Å². The molecule has 1 aromatic heterocycles. The molecule has 21 heteroatoms. The number of nitrogens with two attached hydrogens (primary N) is 1. The lowest BCUT2D eigenvalue weighted by Gasteiger charge is -2.21. The molecule has 8 atom stereocenters. The molecule has 0 bridgehead atoms. The number of hydrogen-bond donors (Lipinski definition) is 6. The second kappa shape index (κ2) is 38.9. The predicted molar refractivity (Wildman–Crippen MR) is 280 cm³/mol. The number of phosphoric acid groups is 2. The molecule has 2 rings (SSSR count). The van der Waals surface area contributed by atoms with Gasteiger partial charge >= 0.3 is 33.3 Å². The van der Waals surface area contributed by atoms with Crippen LogP contribution in [-0.4, -0.2) is 96.9 Å². The van der Waals surface area contributed by atoms with Crippen molar-refractivity contribution < 1.29 is 71.4 Å². The van der Waals surface area contributed by atoms with E-state index in [-0.39, 0.29) is 31.5 Å². The van der Waals surface area contributed by atoms with Crippen LogP contribution in [0.5, 0.6) is 0 Å². The van der Waals surface area contributed by atoms with E-state index in [2.05, 4.69) is 90.0 Å². The van der Waals surface area contributed by atoms with Crippen LogP contribution >= 0.6 is 15.6 Å². The van der Waals surface area contributed by atoms with E-state index < -0.39 is 89.8 Å². The lowest BCUT2D eigenvalue weighted by Crippen LogP contribution is -2.36. The maximum absolute atomic E-state index is 12.8. The zero-order valence-corrected chi connectivity index (χ0v) is 44.0. The van der Waals surface area contributed by atoms with E-state index in [9.17, 15) is 48.6 Å². The summed E-state index contributed by atoms with van der Waals surface area (Å²) in [5.41, 5.74) is 4.56. The van der Waals surface area contributed by atoms with Gasteiger partial charge in [0.2, 0.25) is 0 Å². The third-order valence-corrected chi connectivity index (χ3v) is 13.0. The molecule has 1 aromatic rings. The van der Waals surface area contributed by atoms with Crippen molar-refractivity contribution in [3.63, 3.8) is 0 Å². The minimum Gasteiger partial charge on any atom is -0.462 e. The van der Waals surface area contributed by atoms with Gasteiger partial charge in [-0.05, 0) is 89.5 Å². The highest BCUT2D eigenvalue weighted by atomic mass is 31.3. The first-order chi connectivity index (χ1) is 35.1. The summed E-state index contributed by atoms with van der Waals surface area (Å²) in [7, 11) is -11.0. The maximum atomic E-state index is 12.8. The molecule has 2 heterocycles. The van der Waals surface area contributed by atoms with Gasteiger partial charge in [0.05, 0.1) is 19.3 Å². The number of aliphatic hydroxyl groups excluding tert-OH is 3. The Hall–Kier alpha value is -4.62. The molecular formula is C52H79N3O16P2. The van der Waals surface area contributed by atoms with Crippen LogP contribution in [0.4, 0.5) is 5.82 Å². The van der Waals surface area contributed by atoms with Gasteiger partial charge in [-0.3, -0.25) is 23.2 Å². The van der Waals surface area contributed by atoms with Gasteiger partial charge in [0.15, 0.2) is 12.3 Å². The van der Waals surface area contributed by atoms with Crippen molar-refractivity contribution in [2.45, 2.75) is 160 Å². The summed E-state index contributed by atoms with van der Waals surface area (Å²) in [6.45, 7) is 1.78. The van der Waals surface area contributed by atoms with Crippen molar-refractivity contribution in [1.29, 1.82) is 0 Å². The Morgan fingerprint density at radius 3 is 1.96 bits per heavy atom. The van der Waals surface area contributed by atoms with Crippen molar-refractivity contribution in [3.8, 4) is 0 Å². The lowest BCUT2D eigenvalue weighted by molar-refractivity contribution is -0.161. The molecule has 0 saturated carbocycles. The van der Waals surface area contributed by atoms with E-state index in [0.29, 0.717) is 12.8 Å². The first kappa shape index (κ1) is 64.5. The molecule has 73 heavy (non-hydrogen) atoms. The largest absolute Gasteiger partial charge is 0.481 e. The highest BCUT2D eigenvalue weighted by Crippen LogP contribution is 2.60. The summed E-state index contributed by atoms with van der Waals surface area (Å²) < 4.78 is 56.5. The third-order valence-electron chi connectivity index (χ3n) is 10.4. The molecule has 1 aliphatic rings. The molecule has 19 nitrogen and oxygen atoms in total. The van der Waals surface area contributed by atoms with Crippen molar-refractivity contribution in [2.24, 2.45) is 0 Å². The number of esters is 2. The van der Waals surface area contributed by atoms with Crippen LogP contribution in [0, 0.1) is 0 Å². The van der Waals surface area contributed by atoms with Crippen LogP contribution in [0.2, 0.25) is 0 Å². The fraction of sp³-hybridized carbons (Fsp3) is 0.538.